The maximum atomic E-state index is 5.78. The third-order valence-corrected chi connectivity index (χ3v) is 5.85. The summed E-state index contributed by atoms with van der Waals surface area (Å²) >= 11 is 0. The van der Waals surface area contributed by atoms with Crippen LogP contribution in [0.3, 0.4) is 0 Å². The van der Waals surface area contributed by atoms with Gasteiger partial charge in [0.25, 0.3) is 0 Å². The molecular weight excluding hydrogens is 328 g/mol. The molecule has 0 aliphatic carbocycles. The van der Waals surface area contributed by atoms with E-state index in [1.165, 1.54) is 39.0 Å². The molecule has 2 rings (SSSR count). The average molecular weight is 371 g/mol. The maximum Gasteiger partial charge on any atom is 0.0594 e. The monoisotopic (exact) mass is 370 g/mol. The Morgan fingerprint density at radius 2 is 1.38 bits per heavy atom. The van der Waals surface area contributed by atoms with Gasteiger partial charge in [0.05, 0.1) is 26.4 Å². The first kappa shape index (κ1) is 22.1. The Morgan fingerprint density at radius 1 is 0.846 bits per heavy atom. The lowest BCUT2D eigenvalue weighted by atomic mass is 9.73. The lowest BCUT2D eigenvalue weighted by molar-refractivity contribution is -0.123. The highest BCUT2D eigenvalue weighted by Gasteiger charge is 2.50. The fourth-order valence-electron chi connectivity index (χ4n) is 4.11. The second kappa shape index (κ2) is 12.3. The van der Waals surface area contributed by atoms with Gasteiger partial charge in [-0.2, -0.15) is 0 Å². The van der Waals surface area contributed by atoms with Crippen LogP contribution in [0.15, 0.2) is 0 Å². The summed E-state index contributed by atoms with van der Waals surface area (Å²) in [5.74, 6) is 0.814. The molecule has 2 aliphatic heterocycles. The number of rotatable bonds is 16. The zero-order valence-corrected chi connectivity index (χ0v) is 17.4. The van der Waals surface area contributed by atoms with Crippen molar-refractivity contribution >= 4 is 0 Å². The van der Waals surface area contributed by atoms with Crippen molar-refractivity contribution in [1.29, 1.82) is 0 Å². The summed E-state index contributed by atoms with van der Waals surface area (Å²) < 4.78 is 11.4. The number of likely N-dealkylation sites (N-methyl/N-ethyl adjacent to an activating group) is 1. The zero-order chi connectivity index (χ0) is 18.7. The quantitative estimate of drug-likeness (QED) is 0.394. The Kier molecular flexibility index (Phi) is 10.4. The Balaban J connectivity index is 1.36. The van der Waals surface area contributed by atoms with Crippen LogP contribution in [0.2, 0.25) is 0 Å². The van der Waals surface area contributed by atoms with Crippen LogP contribution in [0.4, 0.5) is 0 Å². The van der Waals surface area contributed by atoms with Crippen molar-refractivity contribution in [2.75, 3.05) is 92.4 Å². The number of likely N-dealkylation sites (tertiary alicyclic amines) is 2. The molecule has 0 bridgehead atoms. The van der Waals surface area contributed by atoms with E-state index in [2.05, 4.69) is 34.3 Å². The predicted octanol–water partition coefficient (Wildman–Crippen LogP) is 0.882. The fraction of sp³-hybridized carbons (Fsp3) is 1.00. The summed E-state index contributed by atoms with van der Waals surface area (Å²) in [4.78, 5) is 5.07. The lowest BCUT2D eigenvalue weighted by Gasteiger charge is -2.60. The fourth-order valence-corrected chi connectivity index (χ4v) is 4.11. The van der Waals surface area contributed by atoms with Gasteiger partial charge in [0, 0.05) is 57.8 Å². The Morgan fingerprint density at radius 3 is 1.88 bits per heavy atom. The highest BCUT2D eigenvalue weighted by atomic mass is 16.5. The van der Waals surface area contributed by atoms with E-state index in [0.29, 0.717) is 5.41 Å². The van der Waals surface area contributed by atoms with Crippen molar-refractivity contribution in [2.45, 2.75) is 26.7 Å². The van der Waals surface area contributed by atoms with Gasteiger partial charge in [0.2, 0.25) is 0 Å². The molecule has 0 aromatic rings. The van der Waals surface area contributed by atoms with Gasteiger partial charge in [0.1, 0.15) is 0 Å². The molecule has 1 spiro atoms. The van der Waals surface area contributed by atoms with E-state index in [0.717, 1.165) is 65.1 Å². The Hall–Kier alpha value is -0.240. The third-order valence-electron chi connectivity index (χ3n) is 5.85. The largest absolute Gasteiger partial charge is 0.379 e. The van der Waals surface area contributed by atoms with E-state index in [4.69, 9.17) is 9.47 Å². The Bertz CT molecular complexity index is 352. The molecule has 0 aromatic carbocycles. The van der Waals surface area contributed by atoms with Crippen LogP contribution in [0, 0.1) is 11.3 Å². The molecule has 2 N–H and O–H groups in total. The minimum Gasteiger partial charge on any atom is -0.379 e. The van der Waals surface area contributed by atoms with Crippen LogP contribution in [-0.2, 0) is 9.47 Å². The molecule has 26 heavy (non-hydrogen) atoms. The van der Waals surface area contributed by atoms with Crippen molar-refractivity contribution in [1.82, 2.24) is 20.4 Å². The van der Waals surface area contributed by atoms with Crippen LogP contribution in [0.1, 0.15) is 26.7 Å². The zero-order valence-electron chi connectivity index (χ0n) is 17.4. The normalized spacial score (nSPS) is 19.8. The average Bonchev–Trinajstić information content (AvgIpc) is 2.58. The van der Waals surface area contributed by atoms with Crippen LogP contribution in [0.5, 0.6) is 0 Å². The smallest absolute Gasteiger partial charge is 0.0594 e. The van der Waals surface area contributed by atoms with Crippen molar-refractivity contribution < 1.29 is 9.47 Å². The van der Waals surface area contributed by atoms with Crippen molar-refractivity contribution in [2.24, 2.45) is 11.3 Å². The molecule has 2 saturated heterocycles. The molecule has 0 saturated carbocycles. The summed E-state index contributed by atoms with van der Waals surface area (Å²) in [6.07, 6.45) is 2.53. The summed E-state index contributed by atoms with van der Waals surface area (Å²) in [6, 6.07) is 0. The van der Waals surface area contributed by atoms with Gasteiger partial charge in [-0.15, -0.1) is 0 Å². The van der Waals surface area contributed by atoms with Gasteiger partial charge >= 0.3 is 0 Å². The number of hydrogen-bond donors (Lipinski definition) is 2. The lowest BCUT2D eigenvalue weighted by Crippen LogP contribution is -2.72. The van der Waals surface area contributed by atoms with Gasteiger partial charge in [-0.25, -0.2) is 0 Å². The van der Waals surface area contributed by atoms with E-state index in [-0.39, 0.29) is 0 Å². The SMILES string of the molecule is CCC(CC)CNCCOCCN1CC2(CN(CCOCCNC)C2)C1. The molecule has 0 radical (unpaired) electrons. The summed E-state index contributed by atoms with van der Waals surface area (Å²) in [5.41, 5.74) is 0.585. The topological polar surface area (TPSA) is 49.0 Å². The summed E-state index contributed by atoms with van der Waals surface area (Å²) in [6.45, 7) is 18.1. The first-order valence-corrected chi connectivity index (χ1v) is 10.7. The van der Waals surface area contributed by atoms with Crippen molar-refractivity contribution in [3.8, 4) is 0 Å². The molecule has 6 heteroatoms. The highest BCUT2D eigenvalue weighted by molar-refractivity contribution is 5.05. The van der Waals surface area contributed by atoms with Crippen LogP contribution < -0.4 is 10.6 Å². The molecule has 2 heterocycles. The molecule has 154 valence electrons. The molecule has 2 fully saturated rings. The van der Waals surface area contributed by atoms with Crippen LogP contribution in [-0.4, -0.2) is 102 Å². The molecule has 0 atom stereocenters. The van der Waals surface area contributed by atoms with E-state index < -0.39 is 0 Å². The number of nitrogens with one attached hydrogen (secondary N) is 2. The molecule has 0 amide bonds. The minimum atomic E-state index is 0.585. The number of hydrogen-bond acceptors (Lipinski definition) is 6. The maximum absolute atomic E-state index is 5.78. The highest BCUT2D eigenvalue weighted by Crippen LogP contribution is 2.38. The second-order valence-corrected chi connectivity index (χ2v) is 8.14. The van der Waals surface area contributed by atoms with Crippen molar-refractivity contribution in [3.05, 3.63) is 0 Å². The number of nitrogens with zero attached hydrogens (tertiary/aromatic N) is 2. The first-order valence-electron chi connectivity index (χ1n) is 10.7. The Labute approximate surface area is 161 Å². The van der Waals surface area contributed by atoms with Crippen molar-refractivity contribution in [3.63, 3.8) is 0 Å². The van der Waals surface area contributed by atoms with Gasteiger partial charge in [-0.3, -0.25) is 9.80 Å². The van der Waals surface area contributed by atoms with Crippen LogP contribution >= 0.6 is 0 Å². The predicted molar refractivity (Wildman–Crippen MR) is 108 cm³/mol. The van der Waals surface area contributed by atoms with Gasteiger partial charge in [-0.1, -0.05) is 26.7 Å². The number of ether oxygens (including phenoxy) is 2. The minimum absolute atomic E-state index is 0.585. The molecular formula is C20H42N4O2. The summed E-state index contributed by atoms with van der Waals surface area (Å²) in [5, 5.41) is 6.61. The first-order chi connectivity index (χ1) is 12.7. The van der Waals surface area contributed by atoms with Crippen LogP contribution in [0.25, 0.3) is 0 Å². The molecule has 6 nitrogen and oxygen atoms in total. The molecule has 0 unspecified atom stereocenters. The van der Waals surface area contributed by atoms with E-state index in [9.17, 15) is 0 Å². The van der Waals surface area contributed by atoms with E-state index >= 15 is 0 Å². The van der Waals surface area contributed by atoms with Gasteiger partial charge in [-0.05, 0) is 19.5 Å². The molecule has 2 aliphatic rings. The van der Waals surface area contributed by atoms with E-state index in [1.54, 1.807) is 0 Å². The summed E-state index contributed by atoms with van der Waals surface area (Å²) in [7, 11) is 1.96. The molecule has 0 aromatic heterocycles. The van der Waals surface area contributed by atoms with Gasteiger partial charge in [0.15, 0.2) is 0 Å². The van der Waals surface area contributed by atoms with E-state index in [1.807, 2.05) is 7.05 Å². The second-order valence-electron chi connectivity index (χ2n) is 8.14. The van der Waals surface area contributed by atoms with Gasteiger partial charge < -0.3 is 20.1 Å². The third kappa shape index (κ3) is 7.41. The standard InChI is InChI=1S/C20H42N4O2/c1-4-19(5-2)14-22-7-11-26-13-9-24-17-20(18-24)15-23(16-20)8-12-25-10-6-21-3/h19,21-22H,4-18H2,1-3H3.